The summed E-state index contributed by atoms with van der Waals surface area (Å²) in [5, 5.41) is 2.88. The van der Waals surface area contributed by atoms with Crippen LogP contribution in [0, 0.1) is 0 Å². The van der Waals surface area contributed by atoms with E-state index in [1.807, 2.05) is 35.2 Å². The number of hydrogen-bond acceptors (Lipinski definition) is 3. The molecule has 5 nitrogen and oxygen atoms in total. The SMILES string of the molecule is O=C1CCc2cc(CC(=O)N3CCN(c4ccccc4)CC3)ccc2N1. The highest BCUT2D eigenvalue weighted by molar-refractivity contribution is 5.94. The highest BCUT2D eigenvalue weighted by Crippen LogP contribution is 2.24. The second kappa shape index (κ2) is 7.20. The fraction of sp³-hybridized carbons (Fsp3) is 0.333. The fourth-order valence-corrected chi connectivity index (χ4v) is 3.69. The lowest BCUT2D eigenvalue weighted by atomic mass is 9.99. The molecule has 1 fully saturated rings. The van der Waals surface area contributed by atoms with Gasteiger partial charge in [-0.2, -0.15) is 0 Å². The van der Waals surface area contributed by atoms with E-state index in [4.69, 9.17) is 0 Å². The molecule has 0 saturated carbocycles. The van der Waals surface area contributed by atoms with Gasteiger partial charge in [-0.15, -0.1) is 0 Å². The van der Waals surface area contributed by atoms with Crippen LogP contribution in [0.1, 0.15) is 17.5 Å². The Bertz CT molecular complexity index is 811. The molecule has 2 aliphatic heterocycles. The van der Waals surface area contributed by atoms with E-state index >= 15 is 0 Å². The van der Waals surface area contributed by atoms with Crippen molar-refractivity contribution in [2.24, 2.45) is 0 Å². The molecular weight excluding hydrogens is 326 g/mol. The summed E-state index contributed by atoms with van der Waals surface area (Å²) in [5.74, 6) is 0.245. The number of piperazine rings is 1. The molecule has 2 heterocycles. The van der Waals surface area contributed by atoms with Crippen LogP contribution in [0.25, 0.3) is 0 Å². The summed E-state index contributed by atoms with van der Waals surface area (Å²) in [7, 11) is 0. The van der Waals surface area contributed by atoms with Crippen molar-refractivity contribution in [3.63, 3.8) is 0 Å². The van der Waals surface area contributed by atoms with Crippen LogP contribution in [0.4, 0.5) is 11.4 Å². The van der Waals surface area contributed by atoms with Gasteiger partial charge >= 0.3 is 0 Å². The maximum absolute atomic E-state index is 12.7. The topological polar surface area (TPSA) is 52.7 Å². The number of amides is 2. The van der Waals surface area contributed by atoms with E-state index in [9.17, 15) is 9.59 Å². The molecular formula is C21H23N3O2. The van der Waals surface area contributed by atoms with Gasteiger partial charge in [-0.05, 0) is 35.7 Å². The molecule has 0 atom stereocenters. The Morgan fingerprint density at radius 1 is 0.962 bits per heavy atom. The molecule has 0 aromatic heterocycles. The fourth-order valence-electron chi connectivity index (χ4n) is 3.69. The zero-order chi connectivity index (χ0) is 17.9. The van der Waals surface area contributed by atoms with Gasteiger partial charge < -0.3 is 15.1 Å². The van der Waals surface area contributed by atoms with Gasteiger partial charge in [0.25, 0.3) is 0 Å². The zero-order valence-corrected chi connectivity index (χ0v) is 14.8. The number of aryl methyl sites for hydroxylation is 1. The first-order valence-electron chi connectivity index (χ1n) is 9.18. The number of para-hydroxylation sites is 1. The first-order valence-corrected chi connectivity index (χ1v) is 9.18. The molecule has 0 bridgehead atoms. The number of nitrogens with zero attached hydrogens (tertiary/aromatic N) is 2. The van der Waals surface area contributed by atoms with E-state index in [1.165, 1.54) is 5.69 Å². The molecule has 1 N–H and O–H groups in total. The normalized spacial score (nSPS) is 16.8. The molecule has 1 saturated heterocycles. The van der Waals surface area contributed by atoms with Gasteiger partial charge in [-0.1, -0.05) is 30.3 Å². The Morgan fingerprint density at radius 3 is 2.50 bits per heavy atom. The molecule has 26 heavy (non-hydrogen) atoms. The van der Waals surface area contributed by atoms with Gasteiger partial charge in [0.1, 0.15) is 0 Å². The molecule has 2 aromatic rings. The van der Waals surface area contributed by atoms with Crippen molar-refractivity contribution in [2.45, 2.75) is 19.3 Å². The van der Waals surface area contributed by atoms with Gasteiger partial charge in [-0.25, -0.2) is 0 Å². The van der Waals surface area contributed by atoms with E-state index in [2.05, 4.69) is 28.4 Å². The van der Waals surface area contributed by atoms with Crippen molar-refractivity contribution < 1.29 is 9.59 Å². The minimum atomic E-state index is 0.0672. The number of rotatable bonds is 3. The Morgan fingerprint density at radius 2 is 1.73 bits per heavy atom. The van der Waals surface area contributed by atoms with Crippen LogP contribution in [-0.4, -0.2) is 42.9 Å². The second-order valence-electron chi connectivity index (χ2n) is 6.92. The average Bonchev–Trinajstić information content (AvgIpc) is 2.69. The van der Waals surface area contributed by atoms with Gasteiger partial charge in [0.15, 0.2) is 0 Å². The third kappa shape index (κ3) is 3.57. The Balaban J connectivity index is 1.35. The Kier molecular flexibility index (Phi) is 4.61. The average molecular weight is 349 g/mol. The van der Waals surface area contributed by atoms with Crippen molar-refractivity contribution in [3.8, 4) is 0 Å². The summed E-state index contributed by atoms with van der Waals surface area (Å²) in [5.41, 5.74) is 4.25. The summed E-state index contributed by atoms with van der Waals surface area (Å²) >= 11 is 0. The predicted molar refractivity (Wildman–Crippen MR) is 102 cm³/mol. The maximum Gasteiger partial charge on any atom is 0.227 e. The van der Waals surface area contributed by atoms with Crippen molar-refractivity contribution in [3.05, 3.63) is 59.7 Å². The van der Waals surface area contributed by atoms with Gasteiger partial charge in [0.05, 0.1) is 6.42 Å². The van der Waals surface area contributed by atoms with E-state index in [-0.39, 0.29) is 11.8 Å². The van der Waals surface area contributed by atoms with Crippen molar-refractivity contribution >= 4 is 23.2 Å². The molecule has 0 spiro atoms. The van der Waals surface area contributed by atoms with Crippen LogP contribution in [0.5, 0.6) is 0 Å². The zero-order valence-electron chi connectivity index (χ0n) is 14.8. The largest absolute Gasteiger partial charge is 0.368 e. The lowest BCUT2D eigenvalue weighted by molar-refractivity contribution is -0.130. The second-order valence-corrected chi connectivity index (χ2v) is 6.92. The first kappa shape index (κ1) is 16.6. The van der Waals surface area contributed by atoms with Gasteiger partial charge in [0.2, 0.25) is 11.8 Å². The van der Waals surface area contributed by atoms with Crippen molar-refractivity contribution in [2.75, 3.05) is 36.4 Å². The van der Waals surface area contributed by atoms with Crippen LogP contribution >= 0.6 is 0 Å². The molecule has 0 radical (unpaired) electrons. The van der Waals surface area contributed by atoms with Gasteiger partial charge in [-0.3, -0.25) is 9.59 Å². The molecule has 2 amide bonds. The third-order valence-corrected chi connectivity index (χ3v) is 5.17. The van der Waals surface area contributed by atoms with E-state index in [0.717, 1.165) is 49.4 Å². The molecule has 0 unspecified atom stereocenters. The minimum absolute atomic E-state index is 0.0672. The number of hydrogen-bond donors (Lipinski definition) is 1. The molecule has 4 rings (SSSR count). The van der Waals surface area contributed by atoms with Gasteiger partial charge in [0, 0.05) is 44.0 Å². The van der Waals surface area contributed by atoms with Crippen molar-refractivity contribution in [1.29, 1.82) is 0 Å². The molecule has 5 heteroatoms. The van der Waals surface area contributed by atoms with E-state index < -0.39 is 0 Å². The molecule has 0 aliphatic carbocycles. The van der Waals surface area contributed by atoms with E-state index in [0.29, 0.717) is 12.8 Å². The minimum Gasteiger partial charge on any atom is -0.368 e. The molecule has 2 aliphatic rings. The number of nitrogens with one attached hydrogen (secondary N) is 1. The van der Waals surface area contributed by atoms with Crippen LogP contribution in [-0.2, 0) is 22.4 Å². The van der Waals surface area contributed by atoms with Crippen LogP contribution in [0.3, 0.4) is 0 Å². The van der Waals surface area contributed by atoms with Crippen LogP contribution < -0.4 is 10.2 Å². The lowest BCUT2D eigenvalue weighted by Crippen LogP contribution is -2.49. The number of fused-ring (bicyclic) bond motifs is 1. The Hall–Kier alpha value is -2.82. The summed E-state index contributed by atoms with van der Waals surface area (Å²) in [4.78, 5) is 28.4. The van der Waals surface area contributed by atoms with E-state index in [1.54, 1.807) is 0 Å². The number of benzene rings is 2. The van der Waals surface area contributed by atoms with Crippen molar-refractivity contribution in [1.82, 2.24) is 4.90 Å². The number of carbonyl (C=O) groups is 2. The lowest BCUT2D eigenvalue weighted by Gasteiger charge is -2.36. The molecule has 2 aromatic carbocycles. The Labute approximate surface area is 153 Å². The summed E-state index contributed by atoms with van der Waals surface area (Å²) in [6, 6.07) is 16.3. The highest BCUT2D eigenvalue weighted by atomic mass is 16.2. The highest BCUT2D eigenvalue weighted by Gasteiger charge is 2.22. The quantitative estimate of drug-likeness (QED) is 0.926. The standard InChI is InChI=1S/C21H23N3O2/c25-20-9-7-17-14-16(6-8-19(17)22-20)15-21(26)24-12-10-23(11-13-24)18-4-2-1-3-5-18/h1-6,8,14H,7,9-13,15H2,(H,22,25). The predicted octanol–water partition coefficient (Wildman–Crippen LogP) is 2.46. The molecule has 134 valence electrons. The summed E-state index contributed by atoms with van der Waals surface area (Å²) in [6.45, 7) is 3.25. The number of carbonyl (C=O) groups excluding carboxylic acids is 2. The maximum atomic E-state index is 12.7. The smallest absolute Gasteiger partial charge is 0.227 e. The van der Waals surface area contributed by atoms with Crippen LogP contribution in [0.2, 0.25) is 0 Å². The summed E-state index contributed by atoms with van der Waals surface area (Å²) in [6.07, 6.45) is 1.69. The summed E-state index contributed by atoms with van der Waals surface area (Å²) < 4.78 is 0. The first-order chi connectivity index (χ1) is 12.7. The third-order valence-electron chi connectivity index (χ3n) is 5.17. The number of anilines is 2. The van der Waals surface area contributed by atoms with Crippen LogP contribution in [0.15, 0.2) is 48.5 Å². The monoisotopic (exact) mass is 349 g/mol.